The fourth-order valence-electron chi connectivity index (χ4n) is 2.61. The van der Waals surface area contributed by atoms with E-state index in [0.717, 1.165) is 11.1 Å². The van der Waals surface area contributed by atoms with Crippen LogP contribution >= 0.6 is 11.6 Å². The normalized spacial score (nSPS) is 10.9. The molecule has 2 amide bonds. The van der Waals surface area contributed by atoms with Crippen molar-refractivity contribution in [3.05, 3.63) is 70.2 Å². The topological polar surface area (TPSA) is 84.5 Å². The summed E-state index contributed by atoms with van der Waals surface area (Å²) in [6.07, 6.45) is -0.0242. The molecule has 0 spiro atoms. The van der Waals surface area contributed by atoms with E-state index in [1.54, 1.807) is 30.3 Å². The Morgan fingerprint density at radius 3 is 2.27 bits per heavy atom. The number of carbonyl (C=O) groups excluding carboxylic acids is 3. The highest BCUT2D eigenvalue weighted by molar-refractivity contribution is 6.31. The first-order valence-corrected chi connectivity index (χ1v) is 10.1. The molecule has 6 nitrogen and oxygen atoms in total. The van der Waals surface area contributed by atoms with Crippen molar-refractivity contribution < 1.29 is 19.1 Å². The lowest BCUT2D eigenvalue weighted by molar-refractivity contribution is -0.148. The van der Waals surface area contributed by atoms with Crippen molar-refractivity contribution in [2.24, 2.45) is 0 Å². The average Bonchev–Trinajstić information content (AvgIpc) is 2.71. The van der Waals surface area contributed by atoms with E-state index in [1.807, 2.05) is 18.2 Å². The second-order valence-corrected chi connectivity index (χ2v) is 8.27. The van der Waals surface area contributed by atoms with Gasteiger partial charge < -0.3 is 15.4 Å². The van der Waals surface area contributed by atoms with Crippen LogP contribution in [0, 0.1) is 0 Å². The molecular weight excluding hydrogens is 404 g/mol. The molecule has 160 valence electrons. The average molecular weight is 431 g/mol. The summed E-state index contributed by atoms with van der Waals surface area (Å²) in [5, 5.41) is 5.86. The molecular formula is C23H27ClN2O4. The Kier molecular flexibility index (Phi) is 8.42. The number of carbonyl (C=O) groups is 3. The summed E-state index contributed by atoms with van der Waals surface area (Å²) < 4.78 is 4.93. The Bertz CT molecular complexity index is 889. The first-order chi connectivity index (χ1) is 14.2. The van der Waals surface area contributed by atoms with Crippen LogP contribution in [0.25, 0.3) is 0 Å². The van der Waals surface area contributed by atoms with Crippen LogP contribution in [0.1, 0.15) is 48.7 Å². The van der Waals surface area contributed by atoms with Gasteiger partial charge in [0.15, 0.2) is 6.61 Å². The lowest BCUT2D eigenvalue weighted by Crippen LogP contribution is -2.30. The molecule has 0 heterocycles. The van der Waals surface area contributed by atoms with Crippen LogP contribution in [0.2, 0.25) is 5.02 Å². The standard InChI is InChI=1S/C23H27ClN2O4/c1-23(2,3)18-10-8-16(9-11-18)22(29)25-13-12-21(28)30-15-20(27)26-14-17-6-4-5-7-19(17)24/h4-11H,12-15H2,1-3H3,(H,25,29)(H,26,27). The molecule has 0 aromatic heterocycles. The molecule has 0 bridgehead atoms. The van der Waals surface area contributed by atoms with Gasteiger partial charge in [-0.1, -0.05) is 62.7 Å². The number of esters is 1. The zero-order chi connectivity index (χ0) is 22.1. The highest BCUT2D eigenvalue weighted by Gasteiger charge is 2.14. The second kappa shape index (κ2) is 10.8. The minimum absolute atomic E-state index is 0.0123. The number of nitrogens with one attached hydrogen (secondary N) is 2. The Morgan fingerprint density at radius 1 is 0.967 bits per heavy atom. The predicted molar refractivity (Wildman–Crippen MR) is 116 cm³/mol. The SMILES string of the molecule is CC(C)(C)c1ccc(C(=O)NCCC(=O)OCC(=O)NCc2ccccc2Cl)cc1. The molecule has 2 aromatic rings. The van der Waals surface area contributed by atoms with Gasteiger partial charge in [0.25, 0.3) is 11.8 Å². The molecule has 0 radical (unpaired) electrons. The van der Waals surface area contributed by atoms with Crippen molar-refractivity contribution in [3.63, 3.8) is 0 Å². The van der Waals surface area contributed by atoms with Gasteiger partial charge in [-0.15, -0.1) is 0 Å². The number of amides is 2. The van der Waals surface area contributed by atoms with Gasteiger partial charge in [0.2, 0.25) is 0 Å². The molecule has 0 aliphatic rings. The van der Waals surface area contributed by atoms with Crippen LogP contribution in [0.5, 0.6) is 0 Å². The zero-order valence-corrected chi connectivity index (χ0v) is 18.2. The molecule has 2 N–H and O–H groups in total. The maximum absolute atomic E-state index is 12.2. The number of hydrogen-bond donors (Lipinski definition) is 2. The molecule has 2 rings (SSSR count). The monoisotopic (exact) mass is 430 g/mol. The van der Waals surface area contributed by atoms with Gasteiger partial charge in [-0.25, -0.2) is 0 Å². The van der Waals surface area contributed by atoms with Crippen molar-refractivity contribution in [1.82, 2.24) is 10.6 Å². The van der Waals surface area contributed by atoms with Gasteiger partial charge in [0.1, 0.15) is 0 Å². The molecule has 30 heavy (non-hydrogen) atoms. The van der Waals surface area contributed by atoms with E-state index in [-0.39, 0.29) is 37.4 Å². The van der Waals surface area contributed by atoms with Gasteiger partial charge in [0, 0.05) is 23.7 Å². The van der Waals surface area contributed by atoms with Gasteiger partial charge >= 0.3 is 5.97 Å². The summed E-state index contributed by atoms with van der Waals surface area (Å²) in [5.74, 6) is -1.25. The fraction of sp³-hybridized carbons (Fsp3) is 0.348. The van der Waals surface area contributed by atoms with Gasteiger partial charge in [-0.3, -0.25) is 14.4 Å². The Balaban J connectivity index is 1.66. The molecule has 0 atom stereocenters. The summed E-state index contributed by atoms with van der Waals surface area (Å²) in [5.41, 5.74) is 2.45. The highest BCUT2D eigenvalue weighted by atomic mass is 35.5. The van der Waals surface area contributed by atoms with Crippen molar-refractivity contribution in [2.75, 3.05) is 13.2 Å². The number of ether oxygens (including phenoxy) is 1. The Hall–Kier alpha value is -2.86. The van der Waals surface area contributed by atoms with Gasteiger partial charge in [0.05, 0.1) is 6.42 Å². The first kappa shape index (κ1) is 23.4. The lowest BCUT2D eigenvalue weighted by Gasteiger charge is -2.19. The van der Waals surface area contributed by atoms with Crippen molar-refractivity contribution in [3.8, 4) is 0 Å². The van der Waals surface area contributed by atoms with E-state index in [1.165, 1.54) is 0 Å². The molecule has 2 aromatic carbocycles. The summed E-state index contributed by atoms with van der Waals surface area (Å²) in [7, 11) is 0. The molecule has 0 saturated heterocycles. The van der Waals surface area contributed by atoms with Crippen LogP contribution in [0.15, 0.2) is 48.5 Å². The summed E-state index contributed by atoms with van der Waals surface area (Å²) in [6, 6.07) is 14.5. The smallest absolute Gasteiger partial charge is 0.308 e. The fourth-order valence-corrected chi connectivity index (χ4v) is 2.81. The molecule has 0 fully saturated rings. The molecule has 7 heteroatoms. The first-order valence-electron chi connectivity index (χ1n) is 9.71. The number of benzene rings is 2. The number of hydrogen-bond acceptors (Lipinski definition) is 4. The third-order valence-corrected chi connectivity index (χ3v) is 4.79. The summed E-state index contributed by atoms with van der Waals surface area (Å²) in [4.78, 5) is 35.7. The van der Waals surface area contributed by atoms with E-state index in [2.05, 4.69) is 31.4 Å². The third-order valence-electron chi connectivity index (χ3n) is 4.43. The molecule has 0 unspecified atom stereocenters. The molecule has 0 aliphatic heterocycles. The minimum Gasteiger partial charge on any atom is -0.456 e. The number of halogens is 1. The van der Waals surface area contributed by atoms with Crippen LogP contribution in [-0.2, 0) is 26.3 Å². The van der Waals surface area contributed by atoms with Gasteiger partial charge in [-0.05, 0) is 34.7 Å². The maximum atomic E-state index is 12.2. The van der Waals surface area contributed by atoms with E-state index < -0.39 is 11.9 Å². The predicted octanol–water partition coefficient (Wildman–Crippen LogP) is 3.62. The van der Waals surface area contributed by atoms with Gasteiger partial charge in [-0.2, -0.15) is 0 Å². The van der Waals surface area contributed by atoms with E-state index >= 15 is 0 Å². The Morgan fingerprint density at radius 2 is 1.63 bits per heavy atom. The molecule has 0 saturated carbocycles. The van der Waals surface area contributed by atoms with E-state index in [0.29, 0.717) is 10.6 Å². The minimum atomic E-state index is -0.564. The van der Waals surface area contributed by atoms with Crippen LogP contribution in [-0.4, -0.2) is 30.9 Å². The van der Waals surface area contributed by atoms with E-state index in [9.17, 15) is 14.4 Å². The zero-order valence-electron chi connectivity index (χ0n) is 17.5. The second-order valence-electron chi connectivity index (χ2n) is 7.86. The van der Waals surface area contributed by atoms with Crippen molar-refractivity contribution in [2.45, 2.75) is 39.2 Å². The van der Waals surface area contributed by atoms with Crippen LogP contribution in [0.4, 0.5) is 0 Å². The van der Waals surface area contributed by atoms with Crippen molar-refractivity contribution >= 4 is 29.4 Å². The van der Waals surface area contributed by atoms with Crippen LogP contribution < -0.4 is 10.6 Å². The summed E-state index contributed by atoms with van der Waals surface area (Å²) in [6.45, 7) is 6.30. The summed E-state index contributed by atoms with van der Waals surface area (Å²) >= 11 is 6.02. The quantitative estimate of drug-likeness (QED) is 0.626. The molecule has 0 aliphatic carbocycles. The highest BCUT2D eigenvalue weighted by Crippen LogP contribution is 2.22. The Labute approximate surface area is 182 Å². The maximum Gasteiger partial charge on any atom is 0.308 e. The lowest BCUT2D eigenvalue weighted by atomic mass is 9.87. The van der Waals surface area contributed by atoms with E-state index in [4.69, 9.17) is 16.3 Å². The van der Waals surface area contributed by atoms with Crippen molar-refractivity contribution in [1.29, 1.82) is 0 Å². The number of rotatable bonds is 8. The van der Waals surface area contributed by atoms with Crippen LogP contribution in [0.3, 0.4) is 0 Å². The third kappa shape index (κ3) is 7.52. The largest absolute Gasteiger partial charge is 0.456 e.